The van der Waals surface area contributed by atoms with Gasteiger partial charge in [0.25, 0.3) is 0 Å². The lowest BCUT2D eigenvalue weighted by molar-refractivity contribution is 0.661. The van der Waals surface area contributed by atoms with Gasteiger partial charge in [0.2, 0.25) is 0 Å². The molecule has 0 radical (unpaired) electrons. The number of hydrogen-bond donors (Lipinski definition) is 0. The fourth-order valence-electron chi connectivity index (χ4n) is 9.47. The molecule has 9 rings (SSSR count). The summed E-state index contributed by atoms with van der Waals surface area (Å²) in [5, 5.41) is 13.0. The van der Waals surface area contributed by atoms with E-state index in [0.717, 1.165) is 76.0 Å². The van der Waals surface area contributed by atoms with Gasteiger partial charge in [-0.1, -0.05) is 141 Å². The summed E-state index contributed by atoms with van der Waals surface area (Å²) in [6, 6.07) is 31.6. The largest absolute Gasteiger partial charge is 0.309 e. The van der Waals surface area contributed by atoms with Crippen molar-refractivity contribution in [2.24, 2.45) is 4.99 Å². The first-order chi connectivity index (χ1) is 29.9. The Kier molecular flexibility index (Phi) is 10.9. The molecule has 4 aromatic carbocycles. The van der Waals surface area contributed by atoms with E-state index >= 15 is 0 Å². The zero-order valence-electron chi connectivity index (χ0n) is 35.6. The molecule has 0 bridgehead atoms. The maximum Gasteiger partial charge on any atom is 0.131 e. The molecule has 3 heteroatoms. The van der Waals surface area contributed by atoms with E-state index in [0.29, 0.717) is 31.3 Å². The molecule has 1 aromatic heterocycles. The number of nitriles is 1. The number of nitrogens with zero attached hydrogens (tertiary/aromatic N) is 3. The third-order valence-electron chi connectivity index (χ3n) is 12.6. The number of allylic oxidation sites excluding steroid dienone is 11. The van der Waals surface area contributed by atoms with Crippen LogP contribution in [0.1, 0.15) is 101 Å². The summed E-state index contributed by atoms with van der Waals surface area (Å²) in [4.78, 5) is 5.39. The summed E-state index contributed by atoms with van der Waals surface area (Å²) in [6.07, 6.45) is 21.2. The van der Waals surface area contributed by atoms with Crippen LogP contribution in [0.25, 0.3) is 49.8 Å². The number of rotatable bonds is 7. The predicted molar refractivity (Wildman–Crippen MR) is 256 cm³/mol. The van der Waals surface area contributed by atoms with E-state index in [2.05, 4.69) is 188 Å². The molecular weight excluding hydrogens is 739 g/mol. The maximum atomic E-state index is 10.6. The molecule has 0 amide bonds. The van der Waals surface area contributed by atoms with E-state index in [1.165, 1.54) is 38.5 Å². The Bertz CT molecular complexity index is 3100. The van der Waals surface area contributed by atoms with Gasteiger partial charge in [0.15, 0.2) is 0 Å². The predicted octanol–water partition coefficient (Wildman–Crippen LogP) is 13.7. The summed E-state index contributed by atoms with van der Waals surface area (Å²) >= 11 is 0. The highest BCUT2D eigenvalue weighted by Crippen LogP contribution is 2.53. The molecule has 4 aliphatic rings. The highest BCUT2D eigenvalue weighted by molar-refractivity contribution is 6.16. The van der Waals surface area contributed by atoms with Crippen LogP contribution in [0.15, 0.2) is 143 Å². The summed E-state index contributed by atoms with van der Waals surface area (Å²) in [5.41, 5.74) is 16.7. The smallest absolute Gasteiger partial charge is 0.131 e. The van der Waals surface area contributed by atoms with Gasteiger partial charge in [0.05, 0.1) is 17.1 Å². The number of unbranched alkanes of at least 4 members (excludes halogenated alkanes) is 1. The highest BCUT2D eigenvalue weighted by atomic mass is 15.0. The van der Waals surface area contributed by atoms with Crippen molar-refractivity contribution < 1.29 is 0 Å². The second kappa shape index (κ2) is 16.9. The molecule has 0 N–H and O–H groups in total. The van der Waals surface area contributed by atoms with E-state index in [4.69, 9.17) is 4.99 Å². The first-order valence-electron chi connectivity index (χ1n) is 21.7. The van der Waals surface area contributed by atoms with Crippen molar-refractivity contribution in [1.82, 2.24) is 4.57 Å². The van der Waals surface area contributed by atoms with Crippen molar-refractivity contribution in [1.29, 1.82) is 5.26 Å². The van der Waals surface area contributed by atoms with Gasteiger partial charge in [-0.25, -0.2) is 0 Å². The van der Waals surface area contributed by atoms with Crippen molar-refractivity contribution in [2.45, 2.75) is 90.5 Å². The molecule has 61 heavy (non-hydrogen) atoms. The number of benzene rings is 4. The molecule has 5 aromatic rings. The van der Waals surface area contributed by atoms with Crippen molar-refractivity contribution in [3.63, 3.8) is 0 Å². The Morgan fingerprint density at radius 1 is 0.885 bits per heavy atom. The van der Waals surface area contributed by atoms with Crippen LogP contribution in [0.2, 0.25) is 0 Å². The monoisotopic (exact) mass is 787 g/mol. The molecule has 0 saturated carbocycles. The Balaban J connectivity index is 1.27. The van der Waals surface area contributed by atoms with Crippen LogP contribution in [0.3, 0.4) is 0 Å². The van der Waals surface area contributed by atoms with Gasteiger partial charge in [-0.3, -0.25) is 4.99 Å². The average Bonchev–Trinajstić information content (AvgIpc) is 3.72. The normalized spacial score (nSPS) is 20.6. The van der Waals surface area contributed by atoms with Gasteiger partial charge in [0, 0.05) is 76.4 Å². The fourth-order valence-corrected chi connectivity index (χ4v) is 9.47. The third-order valence-corrected chi connectivity index (χ3v) is 12.6. The minimum atomic E-state index is -0.207. The third kappa shape index (κ3) is 7.33. The molecule has 3 aliphatic carbocycles. The highest BCUT2D eigenvalue weighted by Gasteiger charge is 2.37. The fraction of sp³-hybridized carbons (Fsp3) is 0.241. The summed E-state index contributed by atoms with van der Waals surface area (Å²) in [6.45, 7) is 8.88. The van der Waals surface area contributed by atoms with Crippen molar-refractivity contribution in [3.8, 4) is 58.4 Å². The molecule has 0 spiro atoms. The topological polar surface area (TPSA) is 41.1 Å². The van der Waals surface area contributed by atoms with Crippen LogP contribution in [0.5, 0.6) is 0 Å². The van der Waals surface area contributed by atoms with Gasteiger partial charge >= 0.3 is 0 Å². The SMILES string of the molecule is C/C=C\CCC#CC/C=C(\C)C1C#CC/C(c2cc(C3=C(\C#N)CC#CC/C=C\3)cc(-n3c4ccccc4c4ccc5c(c43)-c3ccccc3C5(C)C)c2)=C2/C=CCCC2=N1. The quantitative estimate of drug-likeness (QED) is 0.0920. The molecular formula is C58H49N3. The Hall–Kier alpha value is -7.04. The van der Waals surface area contributed by atoms with Crippen LogP contribution >= 0.6 is 0 Å². The first kappa shape index (κ1) is 39.4. The Morgan fingerprint density at radius 3 is 2.61 bits per heavy atom. The van der Waals surface area contributed by atoms with Crippen LogP contribution < -0.4 is 0 Å². The number of hydrogen-bond acceptors (Lipinski definition) is 2. The van der Waals surface area contributed by atoms with Crippen LogP contribution in [-0.4, -0.2) is 16.3 Å². The van der Waals surface area contributed by atoms with Gasteiger partial charge in [-0.2, -0.15) is 5.26 Å². The molecule has 3 nitrogen and oxygen atoms in total. The lowest BCUT2D eigenvalue weighted by Gasteiger charge is -2.22. The average molecular weight is 788 g/mol. The summed E-state index contributed by atoms with van der Waals surface area (Å²) in [7, 11) is 0. The molecule has 0 saturated heterocycles. The van der Waals surface area contributed by atoms with Gasteiger partial charge in [-0.05, 0) is 102 Å². The molecule has 1 aliphatic heterocycles. The van der Waals surface area contributed by atoms with E-state index < -0.39 is 0 Å². The maximum absolute atomic E-state index is 10.6. The van der Waals surface area contributed by atoms with Gasteiger partial charge < -0.3 is 4.57 Å². The van der Waals surface area contributed by atoms with Crippen molar-refractivity contribution in [2.75, 3.05) is 0 Å². The second-order valence-electron chi connectivity index (χ2n) is 16.7. The number of fused-ring (bicyclic) bond motifs is 8. The number of aliphatic imine (C=N–C) groups is 1. The molecule has 296 valence electrons. The van der Waals surface area contributed by atoms with E-state index in [-0.39, 0.29) is 11.5 Å². The number of aromatic nitrogens is 1. The van der Waals surface area contributed by atoms with Gasteiger partial charge in [0.1, 0.15) is 6.04 Å². The standard InChI is InChI=1S/C58H49N3/c1-5-6-7-8-9-10-13-23-40(2)53-32-22-29-46(47-26-17-20-31-54(47)60-53)43-36-42(45-25-15-12-11-14-24-41(45)39-59)37-44(38-43)61-55-33-21-18-27-48(55)49-34-35-52-56(57(49)61)50-28-16-19-30-51(50)58(52,3)4/h5-6,15-19,21,23,25-28,30,33-38,53H,7-8,12-13,20,24,29,31H2,1-4H3/b6-5-,25-15-,40-23+,45-41-,47-46+,60-54?. The van der Waals surface area contributed by atoms with Crippen LogP contribution in [0.4, 0.5) is 0 Å². The number of para-hydroxylation sites is 1. The Morgan fingerprint density at radius 2 is 1.72 bits per heavy atom. The van der Waals surface area contributed by atoms with Crippen molar-refractivity contribution in [3.05, 3.63) is 160 Å². The first-order valence-corrected chi connectivity index (χ1v) is 21.7. The van der Waals surface area contributed by atoms with E-state index in [9.17, 15) is 5.26 Å². The lowest BCUT2D eigenvalue weighted by Crippen LogP contribution is -2.15. The zero-order valence-corrected chi connectivity index (χ0v) is 35.6. The summed E-state index contributed by atoms with van der Waals surface area (Å²) < 4.78 is 2.48. The zero-order chi connectivity index (χ0) is 41.9. The molecule has 2 heterocycles. The summed E-state index contributed by atoms with van der Waals surface area (Å²) in [5.74, 6) is 20.2. The van der Waals surface area contributed by atoms with E-state index in [1.54, 1.807) is 0 Å². The minimum absolute atomic E-state index is 0.149. The van der Waals surface area contributed by atoms with E-state index in [1.807, 2.05) is 6.92 Å². The van der Waals surface area contributed by atoms with Crippen LogP contribution in [-0.2, 0) is 5.41 Å². The van der Waals surface area contributed by atoms with Gasteiger partial charge in [-0.15, -0.1) is 5.92 Å². The lowest BCUT2D eigenvalue weighted by atomic mass is 9.82. The molecule has 0 fully saturated rings. The molecule has 1 atom stereocenters. The van der Waals surface area contributed by atoms with Crippen LogP contribution in [0, 0.1) is 46.9 Å². The minimum Gasteiger partial charge on any atom is -0.309 e. The van der Waals surface area contributed by atoms with Crippen molar-refractivity contribution >= 4 is 38.7 Å². The molecule has 1 unspecified atom stereocenters. The second-order valence-corrected chi connectivity index (χ2v) is 16.7. The Labute approximate surface area is 361 Å².